The molecule has 0 saturated heterocycles. The average molecular weight is 316 g/mol. The molecule has 0 aromatic heterocycles. The van der Waals surface area contributed by atoms with E-state index < -0.39 is 0 Å². The lowest BCUT2D eigenvalue weighted by molar-refractivity contribution is -0.123. The second-order valence-electron chi connectivity index (χ2n) is 5.51. The Bertz CT molecular complexity index is 726. The highest BCUT2D eigenvalue weighted by molar-refractivity contribution is 7.98. The molecule has 0 unspecified atom stereocenters. The van der Waals surface area contributed by atoms with Crippen molar-refractivity contribution in [1.82, 2.24) is 0 Å². The molecule has 0 atom stereocenters. The summed E-state index contributed by atoms with van der Waals surface area (Å²) in [4.78, 5) is 24.0. The lowest BCUT2D eigenvalue weighted by Gasteiger charge is -2.20. The van der Waals surface area contributed by atoms with Crippen LogP contribution in [0.3, 0.4) is 0 Å². The molecule has 1 aliphatic heterocycles. The smallest absolute Gasteiger partial charge is 0.170 e. The van der Waals surface area contributed by atoms with E-state index in [-0.39, 0.29) is 22.9 Å². The fourth-order valence-corrected chi connectivity index (χ4v) is 3.43. The van der Waals surface area contributed by atoms with Crippen LogP contribution >= 0.6 is 12.0 Å². The summed E-state index contributed by atoms with van der Waals surface area (Å²) in [5.74, 6) is 0.00863. The first-order chi connectivity index (χ1) is 10.5. The monoisotopic (exact) mass is 316 g/mol. The molecular weight excluding hydrogens is 300 g/mol. The zero-order valence-electron chi connectivity index (χ0n) is 12.4. The lowest BCUT2D eigenvalue weighted by atomic mass is 9.87. The number of Topliss-reactive ketones (excluding diaryl/α,β-unsaturated/α-hetero) is 2. The molecule has 1 aliphatic carbocycles. The number of aryl methyl sites for hydroxylation is 1. The molecule has 114 valence electrons. The maximum Gasteiger partial charge on any atom is 0.170 e. The van der Waals surface area contributed by atoms with Gasteiger partial charge >= 0.3 is 0 Å². The number of rotatable bonds is 1. The van der Waals surface area contributed by atoms with Crippen molar-refractivity contribution in [1.29, 1.82) is 0 Å². The molecule has 3 rings (SSSR count). The highest BCUT2D eigenvalue weighted by atomic mass is 32.2. The van der Waals surface area contributed by atoms with Gasteiger partial charge < -0.3 is 9.29 Å². The molecule has 0 radical (unpaired) electrons. The van der Waals surface area contributed by atoms with Gasteiger partial charge in [0.1, 0.15) is 17.1 Å². The Kier molecular flexibility index (Phi) is 3.83. The van der Waals surface area contributed by atoms with E-state index in [0.717, 1.165) is 22.4 Å². The van der Waals surface area contributed by atoms with Gasteiger partial charge in [0, 0.05) is 29.4 Å². The van der Waals surface area contributed by atoms with Crippen LogP contribution in [0.1, 0.15) is 41.5 Å². The summed E-state index contributed by atoms with van der Waals surface area (Å²) < 4.78 is 5.56. The standard InChI is InChI=1S/C17H16O4S/c1-9-8-12(10(2)11-6-7-22-21-17(9)11)16(20)15-13(18)4-3-5-14(15)19/h6-8,20H,3-5H2,1-2H3. The number of hydrogen-bond acceptors (Lipinski definition) is 5. The molecule has 1 aromatic rings. The van der Waals surface area contributed by atoms with Crippen molar-refractivity contribution in [2.45, 2.75) is 33.1 Å². The zero-order valence-corrected chi connectivity index (χ0v) is 13.3. The highest BCUT2D eigenvalue weighted by Gasteiger charge is 2.29. The normalized spacial score (nSPS) is 17.3. The fraction of sp³-hybridized carbons (Fsp3) is 0.294. The van der Waals surface area contributed by atoms with Crippen molar-refractivity contribution in [2.24, 2.45) is 0 Å². The second kappa shape index (κ2) is 5.65. The van der Waals surface area contributed by atoms with Crippen LogP contribution in [0.15, 0.2) is 17.0 Å². The number of allylic oxidation sites excluding steroid dienone is 1. The molecule has 0 bridgehead atoms. The molecule has 4 nitrogen and oxygen atoms in total. The highest BCUT2D eigenvalue weighted by Crippen LogP contribution is 2.39. The lowest BCUT2D eigenvalue weighted by Crippen LogP contribution is -2.20. The average Bonchev–Trinajstić information content (AvgIpc) is 2.50. The summed E-state index contributed by atoms with van der Waals surface area (Å²) in [6.07, 6.45) is 3.10. The predicted molar refractivity (Wildman–Crippen MR) is 86.6 cm³/mol. The van der Waals surface area contributed by atoms with E-state index in [4.69, 9.17) is 4.18 Å². The minimum atomic E-state index is -0.272. The molecule has 1 fully saturated rings. The topological polar surface area (TPSA) is 63.6 Å². The van der Waals surface area contributed by atoms with Crippen molar-refractivity contribution >= 4 is 35.4 Å². The summed E-state index contributed by atoms with van der Waals surface area (Å²) >= 11 is 1.24. The Morgan fingerprint density at radius 3 is 2.59 bits per heavy atom. The number of aliphatic hydroxyl groups excluding tert-OH is 1. The van der Waals surface area contributed by atoms with E-state index >= 15 is 0 Å². The summed E-state index contributed by atoms with van der Waals surface area (Å²) in [6.45, 7) is 3.73. The Hall–Kier alpha value is -2.01. The fourth-order valence-electron chi connectivity index (χ4n) is 2.86. The summed E-state index contributed by atoms with van der Waals surface area (Å²) in [5, 5.41) is 12.4. The van der Waals surface area contributed by atoms with Crippen molar-refractivity contribution in [3.63, 3.8) is 0 Å². The molecule has 2 aliphatic rings. The molecule has 1 N–H and O–H groups in total. The van der Waals surface area contributed by atoms with Gasteiger partial charge in [-0.2, -0.15) is 0 Å². The molecule has 5 heteroatoms. The van der Waals surface area contributed by atoms with Gasteiger partial charge in [-0.1, -0.05) is 0 Å². The minimum absolute atomic E-state index is 0.0521. The van der Waals surface area contributed by atoms with Crippen LogP contribution in [0.25, 0.3) is 11.8 Å². The number of fused-ring (bicyclic) bond motifs is 1. The number of carbonyl (C=O) groups is 2. The molecular formula is C17H16O4S. The van der Waals surface area contributed by atoms with Crippen LogP contribution in [-0.4, -0.2) is 16.7 Å². The summed E-state index contributed by atoms with van der Waals surface area (Å²) in [5.41, 5.74) is 3.00. The molecule has 1 aromatic carbocycles. The van der Waals surface area contributed by atoms with Crippen molar-refractivity contribution in [3.05, 3.63) is 39.3 Å². The predicted octanol–water partition coefficient (Wildman–Crippen LogP) is 3.91. The molecule has 1 saturated carbocycles. The zero-order chi connectivity index (χ0) is 15.9. The third kappa shape index (κ3) is 2.35. The van der Waals surface area contributed by atoms with Gasteiger partial charge in [0.15, 0.2) is 11.6 Å². The Labute approximate surface area is 133 Å². The van der Waals surface area contributed by atoms with E-state index in [1.807, 2.05) is 25.3 Å². The van der Waals surface area contributed by atoms with Crippen LogP contribution in [0, 0.1) is 13.8 Å². The first kappa shape index (κ1) is 14.9. The van der Waals surface area contributed by atoms with Gasteiger partial charge in [-0.25, -0.2) is 0 Å². The molecule has 1 heterocycles. The SMILES string of the molecule is Cc1cc(C(O)=C2C(=O)CCCC2=O)c(C)c2c1OSC=C2. The summed E-state index contributed by atoms with van der Waals surface area (Å²) in [6, 6.07) is 1.77. The first-order valence-corrected chi connectivity index (χ1v) is 7.95. The van der Waals surface area contributed by atoms with Crippen LogP contribution in [0.5, 0.6) is 5.75 Å². The third-order valence-electron chi connectivity index (χ3n) is 4.05. The van der Waals surface area contributed by atoms with Gasteiger partial charge in [-0.15, -0.1) is 0 Å². The number of ketones is 2. The number of aliphatic hydroxyl groups is 1. The van der Waals surface area contributed by atoms with Crippen molar-refractivity contribution < 1.29 is 18.9 Å². The Morgan fingerprint density at radius 1 is 1.23 bits per heavy atom. The van der Waals surface area contributed by atoms with Gasteiger partial charge in [-0.05, 0) is 43.5 Å². The number of hydrogen-bond donors (Lipinski definition) is 1. The molecule has 0 spiro atoms. The van der Waals surface area contributed by atoms with Gasteiger partial charge in [0.05, 0.1) is 12.0 Å². The first-order valence-electron chi connectivity index (χ1n) is 7.14. The number of benzene rings is 1. The van der Waals surface area contributed by atoms with Crippen LogP contribution in [0.4, 0.5) is 0 Å². The van der Waals surface area contributed by atoms with E-state index in [9.17, 15) is 14.7 Å². The van der Waals surface area contributed by atoms with Crippen LogP contribution < -0.4 is 4.18 Å². The van der Waals surface area contributed by atoms with Crippen LogP contribution in [-0.2, 0) is 9.59 Å². The van der Waals surface area contributed by atoms with E-state index in [1.165, 1.54) is 12.0 Å². The maximum atomic E-state index is 12.0. The quantitative estimate of drug-likeness (QED) is 0.368. The molecule has 0 amide bonds. The Morgan fingerprint density at radius 2 is 1.91 bits per heavy atom. The van der Waals surface area contributed by atoms with Gasteiger partial charge in [0.25, 0.3) is 0 Å². The second-order valence-corrected chi connectivity index (χ2v) is 6.15. The molecule has 22 heavy (non-hydrogen) atoms. The van der Waals surface area contributed by atoms with Gasteiger partial charge in [0.2, 0.25) is 0 Å². The van der Waals surface area contributed by atoms with Crippen LogP contribution in [0.2, 0.25) is 0 Å². The van der Waals surface area contributed by atoms with E-state index in [1.54, 1.807) is 6.07 Å². The summed E-state index contributed by atoms with van der Waals surface area (Å²) in [7, 11) is 0. The largest absolute Gasteiger partial charge is 0.506 e. The number of carbonyl (C=O) groups excluding carboxylic acids is 2. The van der Waals surface area contributed by atoms with E-state index in [0.29, 0.717) is 24.8 Å². The van der Waals surface area contributed by atoms with Gasteiger partial charge in [-0.3, -0.25) is 9.59 Å². The van der Waals surface area contributed by atoms with E-state index in [2.05, 4.69) is 0 Å². The van der Waals surface area contributed by atoms with Crippen molar-refractivity contribution in [2.75, 3.05) is 0 Å². The minimum Gasteiger partial charge on any atom is -0.506 e. The maximum absolute atomic E-state index is 12.0. The third-order valence-corrected chi connectivity index (χ3v) is 4.56. The van der Waals surface area contributed by atoms with Crippen molar-refractivity contribution in [3.8, 4) is 5.75 Å². The Balaban J connectivity index is 2.21.